The van der Waals surface area contributed by atoms with E-state index in [2.05, 4.69) is 5.32 Å². The summed E-state index contributed by atoms with van der Waals surface area (Å²) < 4.78 is 30.6. The van der Waals surface area contributed by atoms with E-state index in [1.54, 1.807) is 57.0 Å². The average Bonchev–Trinajstić information content (AvgIpc) is 2.75. The van der Waals surface area contributed by atoms with Crippen LogP contribution in [0.1, 0.15) is 31.0 Å². The van der Waals surface area contributed by atoms with Gasteiger partial charge in [-0.25, -0.2) is 9.18 Å². The molecular weight excluding hydrogens is 419 g/mol. The first-order chi connectivity index (χ1) is 14.8. The van der Waals surface area contributed by atoms with Gasteiger partial charge in [0.1, 0.15) is 5.82 Å². The molecule has 0 fully saturated rings. The molecule has 0 radical (unpaired) electrons. The van der Waals surface area contributed by atoms with Gasteiger partial charge in [-0.3, -0.25) is 4.90 Å². The average molecular weight is 445 g/mol. The molecule has 3 rings (SSSR count). The zero-order valence-electron chi connectivity index (χ0n) is 18.1. The first kappa shape index (κ1) is 22.6. The van der Waals surface area contributed by atoms with Crippen LogP contribution in [0.15, 0.2) is 47.7 Å². The van der Waals surface area contributed by atoms with Crippen LogP contribution in [-0.4, -0.2) is 31.9 Å². The molecule has 164 valence electrons. The lowest BCUT2D eigenvalue weighted by molar-refractivity contribution is -0.139. The van der Waals surface area contributed by atoms with Gasteiger partial charge < -0.3 is 19.5 Å². The number of carbonyl (C=O) groups is 1. The van der Waals surface area contributed by atoms with E-state index < -0.39 is 12.0 Å². The number of benzene rings is 2. The van der Waals surface area contributed by atoms with E-state index in [-0.39, 0.29) is 12.4 Å². The standard InChI is InChI=1S/C23H25FN2O4S/c1-6-30-22(27)19-14(3)26(15-11-10-13(2)17(24)12-15)23(31)25-20(19)16-8-7-9-18(28-4)21(16)29-5/h7-12,20H,6H2,1-5H3,(H,25,31). The number of anilines is 1. The molecule has 0 amide bonds. The zero-order chi connectivity index (χ0) is 22.7. The topological polar surface area (TPSA) is 60.0 Å². The van der Waals surface area contributed by atoms with Crippen molar-refractivity contribution in [2.45, 2.75) is 26.8 Å². The third-order valence-electron chi connectivity index (χ3n) is 5.14. The maximum Gasteiger partial charge on any atom is 0.338 e. The summed E-state index contributed by atoms with van der Waals surface area (Å²) in [5.41, 5.74) is 2.59. The number of allylic oxidation sites excluding steroid dienone is 1. The van der Waals surface area contributed by atoms with Crippen LogP contribution in [0.5, 0.6) is 11.5 Å². The van der Waals surface area contributed by atoms with Crippen molar-refractivity contribution < 1.29 is 23.4 Å². The highest BCUT2D eigenvalue weighted by Gasteiger charge is 2.37. The second-order valence-electron chi connectivity index (χ2n) is 6.95. The first-order valence-electron chi connectivity index (χ1n) is 9.79. The number of rotatable bonds is 6. The van der Waals surface area contributed by atoms with Crippen molar-refractivity contribution in [2.75, 3.05) is 25.7 Å². The van der Waals surface area contributed by atoms with Crippen LogP contribution in [0.3, 0.4) is 0 Å². The molecule has 1 atom stereocenters. The van der Waals surface area contributed by atoms with E-state index in [1.807, 2.05) is 6.07 Å². The number of esters is 1. The van der Waals surface area contributed by atoms with Gasteiger partial charge in [-0.05, 0) is 56.8 Å². The Kier molecular flexibility index (Phi) is 6.80. The summed E-state index contributed by atoms with van der Waals surface area (Å²) in [7, 11) is 3.08. The number of hydrogen-bond acceptors (Lipinski definition) is 5. The molecule has 8 heteroatoms. The van der Waals surface area contributed by atoms with Crippen molar-refractivity contribution in [3.8, 4) is 11.5 Å². The third-order valence-corrected chi connectivity index (χ3v) is 5.44. The maximum atomic E-state index is 14.3. The van der Waals surface area contributed by atoms with Crippen molar-refractivity contribution in [2.24, 2.45) is 0 Å². The van der Waals surface area contributed by atoms with Gasteiger partial charge in [-0.15, -0.1) is 0 Å². The van der Waals surface area contributed by atoms with Crippen LogP contribution < -0.4 is 19.7 Å². The molecule has 2 aromatic carbocycles. The van der Waals surface area contributed by atoms with Gasteiger partial charge >= 0.3 is 5.97 Å². The summed E-state index contributed by atoms with van der Waals surface area (Å²) in [6.45, 7) is 5.39. The van der Waals surface area contributed by atoms with Crippen LogP contribution in [0.25, 0.3) is 0 Å². The summed E-state index contributed by atoms with van der Waals surface area (Å²) in [4.78, 5) is 14.6. The van der Waals surface area contributed by atoms with Gasteiger partial charge in [0.05, 0.1) is 38.1 Å². The van der Waals surface area contributed by atoms with Crippen LogP contribution in [0, 0.1) is 12.7 Å². The lowest BCUT2D eigenvalue weighted by atomic mass is 9.93. The Hall–Kier alpha value is -3.13. The third kappa shape index (κ3) is 4.20. The maximum absolute atomic E-state index is 14.3. The van der Waals surface area contributed by atoms with E-state index >= 15 is 0 Å². The monoisotopic (exact) mass is 444 g/mol. The number of nitrogens with zero attached hydrogens (tertiary/aromatic N) is 1. The van der Waals surface area contributed by atoms with Gasteiger partial charge in [0, 0.05) is 11.3 Å². The second-order valence-corrected chi connectivity index (χ2v) is 7.34. The summed E-state index contributed by atoms with van der Waals surface area (Å²) in [6, 6.07) is 9.58. The number of hydrogen-bond donors (Lipinski definition) is 1. The first-order valence-corrected chi connectivity index (χ1v) is 10.2. The number of methoxy groups -OCH3 is 2. The molecule has 0 saturated heterocycles. The second kappa shape index (κ2) is 9.34. The van der Waals surface area contributed by atoms with Gasteiger partial charge in [-0.1, -0.05) is 18.2 Å². The quantitative estimate of drug-likeness (QED) is 0.523. The van der Waals surface area contributed by atoms with Crippen LogP contribution in [0.2, 0.25) is 0 Å². The van der Waals surface area contributed by atoms with Crippen molar-refractivity contribution in [3.63, 3.8) is 0 Å². The van der Waals surface area contributed by atoms with Gasteiger partial charge in [0.25, 0.3) is 0 Å². The highest BCUT2D eigenvalue weighted by Crippen LogP contribution is 2.41. The Labute approximate surface area is 186 Å². The van der Waals surface area contributed by atoms with Crippen molar-refractivity contribution in [3.05, 3.63) is 64.6 Å². The van der Waals surface area contributed by atoms with Gasteiger partial charge in [0.2, 0.25) is 0 Å². The fraction of sp³-hybridized carbons (Fsp3) is 0.304. The Bertz CT molecular complexity index is 1050. The lowest BCUT2D eigenvalue weighted by Crippen LogP contribution is -2.48. The molecule has 1 unspecified atom stereocenters. The summed E-state index contributed by atoms with van der Waals surface area (Å²) in [6.07, 6.45) is 0. The van der Waals surface area contributed by atoms with E-state index in [0.29, 0.717) is 44.7 Å². The molecule has 0 bridgehead atoms. The highest BCUT2D eigenvalue weighted by molar-refractivity contribution is 7.80. The van der Waals surface area contributed by atoms with E-state index in [1.165, 1.54) is 13.2 Å². The fourth-order valence-electron chi connectivity index (χ4n) is 3.62. The molecule has 0 aliphatic carbocycles. The normalized spacial score (nSPS) is 16.1. The van der Waals surface area contributed by atoms with Crippen LogP contribution >= 0.6 is 12.2 Å². The minimum Gasteiger partial charge on any atom is -0.493 e. The van der Waals surface area contributed by atoms with Crippen LogP contribution in [-0.2, 0) is 9.53 Å². The molecular formula is C23H25FN2O4S. The number of ether oxygens (including phenoxy) is 3. The Morgan fingerprint density at radius 3 is 2.55 bits per heavy atom. The summed E-state index contributed by atoms with van der Waals surface area (Å²) >= 11 is 5.62. The Balaban J connectivity index is 2.21. The number of thiocarbonyl (C=S) groups is 1. The zero-order valence-corrected chi connectivity index (χ0v) is 18.9. The van der Waals surface area contributed by atoms with E-state index in [0.717, 1.165) is 0 Å². The van der Waals surface area contributed by atoms with Crippen LogP contribution in [0.4, 0.5) is 10.1 Å². The fourth-order valence-corrected chi connectivity index (χ4v) is 3.98. The number of para-hydroxylation sites is 1. The molecule has 6 nitrogen and oxygen atoms in total. The molecule has 0 saturated carbocycles. The van der Waals surface area contributed by atoms with Gasteiger partial charge in [0.15, 0.2) is 16.6 Å². The summed E-state index contributed by atoms with van der Waals surface area (Å²) in [5.74, 6) is 0.149. The molecule has 31 heavy (non-hydrogen) atoms. The highest BCUT2D eigenvalue weighted by atomic mass is 32.1. The minimum absolute atomic E-state index is 0.210. The SMILES string of the molecule is CCOC(=O)C1=C(C)N(c2ccc(C)c(F)c2)C(=S)NC1c1cccc(OC)c1OC. The number of aryl methyl sites for hydroxylation is 1. The Morgan fingerprint density at radius 2 is 1.94 bits per heavy atom. The molecule has 0 spiro atoms. The number of halogens is 1. The number of nitrogens with one attached hydrogen (secondary N) is 1. The smallest absolute Gasteiger partial charge is 0.338 e. The van der Waals surface area contributed by atoms with E-state index in [9.17, 15) is 9.18 Å². The molecule has 0 aromatic heterocycles. The number of carbonyl (C=O) groups excluding carboxylic acids is 1. The largest absolute Gasteiger partial charge is 0.493 e. The predicted molar refractivity (Wildman–Crippen MR) is 121 cm³/mol. The molecule has 1 N–H and O–H groups in total. The van der Waals surface area contributed by atoms with Gasteiger partial charge in [-0.2, -0.15) is 0 Å². The summed E-state index contributed by atoms with van der Waals surface area (Å²) in [5, 5.41) is 3.52. The lowest BCUT2D eigenvalue weighted by Gasteiger charge is -2.38. The molecule has 1 aliphatic rings. The molecule has 2 aromatic rings. The van der Waals surface area contributed by atoms with Crippen molar-refractivity contribution in [1.29, 1.82) is 0 Å². The minimum atomic E-state index is -0.636. The van der Waals surface area contributed by atoms with Crippen molar-refractivity contribution >= 4 is 29.0 Å². The Morgan fingerprint density at radius 1 is 1.19 bits per heavy atom. The van der Waals surface area contributed by atoms with E-state index in [4.69, 9.17) is 26.4 Å². The van der Waals surface area contributed by atoms with Crippen molar-refractivity contribution in [1.82, 2.24) is 5.32 Å². The molecule has 1 aliphatic heterocycles. The molecule has 1 heterocycles. The predicted octanol–water partition coefficient (Wildman–Crippen LogP) is 4.42.